The molecular weight excluding hydrogens is 534 g/mol. The molecule has 1 atom stereocenters. The smallest absolute Gasteiger partial charge is 0.264 e. The molecule has 2 amide bonds. The fraction of sp³-hybridized carbons (Fsp3) is 0.333. The molecule has 0 saturated heterocycles. The minimum absolute atomic E-state index is 0.0427. The predicted molar refractivity (Wildman–Crippen MR) is 156 cm³/mol. The summed E-state index contributed by atoms with van der Waals surface area (Å²) in [5, 5.41) is 3.31. The third-order valence-electron chi connectivity index (χ3n) is 6.39. The van der Waals surface area contributed by atoms with Crippen molar-refractivity contribution in [3.63, 3.8) is 0 Å². The summed E-state index contributed by atoms with van der Waals surface area (Å²) in [5.41, 5.74) is 2.12. The van der Waals surface area contributed by atoms with Crippen molar-refractivity contribution < 1.29 is 18.0 Å². The Labute approximate surface area is 236 Å². The Hall–Kier alpha value is -3.36. The SMILES string of the molecule is Cc1ccccc1CN(C(=O)CN(c1cccc(Cl)c1C)S(=O)(=O)c1ccccc1)[C@@H](C)C(=O)NC(C)(C)C. The highest BCUT2D eigenvalue weighted by atomic mass is 35.5. The lowest BCUT2D eigenvalue weighted by molar-refractivity contribution is -0.140. The molecule has 0 heterocycles. The van der Waals surface area contributed by atoms with Gasteiger partial charge in [0, 0.05) is 17.1 Å². The summed E-state index contributed by atoms with van der Waals surface area (Å²) in [7, 11) is -4.15. The second kappa shape index (κ2) is 12.2. The van der Waals surface area contributed by atoms with Crippen molar-refractivity contribution in [1.82, 2.24) is 10.2 Å². The Morgan fingerprint density at radius 2 is 1.54 bits per heavy atom. The van der Waals surface area contributed by atoms with E-state index in [-0.39, 0.29) is 17.3 Å². The first-order valence-electron chi connectivity index (χ1n) is 12.7. The molecule has 0 unspecified atom stereocenters. The maximum absolute atomic E-state index is 14.0. The van der Waals surface area contributed by atoms with E-state index in [1.807, 2.05) is 52.0 Å². The average Bonchev–Trinajstić information content (AvgIpc) is 2.87. The first-order valence-corrected chi connectivity index (χ1v) is 14.5. The van der Waals surface area contributed by atoms with Gasteiger partial charge in [0.25, 0.3) is 10.0 Å². The van der Waals surface area contributed by atoms with Gasteiger partial charge in [0.1, 0.15) is 12.6 Å². The third kappa shape index (κ3) is 7.40. The van der Waals surface area contributed by atoms with E-state index in [0.717, 1.165) is 15.4 Å². The zero-order chi connectivity index (χ0) is 29.0. The average molecular weight is 570 g/mol. The molecule has 0 aromatic heterocycles. The Kier molecular flexibility index (Phi) is 9.46. The highest BCUT2D eigenvalue weighted by Crippen LogP contribution is 2.31. The number of halogens is 1. The number of carbonyl (C=O) groups is 2. The molecule has 3 rings (SSSR count). The van der Waals surface area contributed by atoms with Crippen LogP contribution < -0.4 is 9.62 Å². The number of aryl methyl sites for hydroxylation is 1. The quantitative estimate of drug-likeness (QED) is 0.369. The summed E-state index contributed by atoms with van der Waals surface area (Å²) in [6.07, 6.45) is 0. The number of hydrogen-bond acceptors (Lipinski definition) is 4. The van der Waals surface area contributed by atoms with Gasteiger partial charge in [0.15, 0.2) is 0 Å². The number of anilines is 1. The lowest BCUT2D eigenvalue weighted by Crippen LogP contribution is -2.54. The number of amides is 2. The molecule has 0 saturated carbocycles. The van der Waals surface area contributed by atoms with Gasteiger partial charge in [-0.1, -0.05) is 60.1 Å². The zero-order valence-electron chi connectivity index (χ0n) is 23.2. The van der Waals surface area contributed by atoms with Crippen LogP contribution in [-0.4, -0.2) is 43.3 Å². The van der Waals surface area contributed by atoms with E-state index < -0.39 is 34.1 Å². The van der Waals surface area contributed by atoms with Crippen LogP contribution in [0.25, 0.3) is 0 Å². The maximum atomic E-state index is 14.0. The molecule has 3 aromatic carbocycles. The van der Waals surface area contributed by atoms with Gasteiger partial charge in [-0.05, 0) is 82.5 Å². The van der Waals surface area contributed by atoms with Crippen molar-refractivity contribution in [3.8, 4) is 0 Å². The van der Waals surface area contributed by atoms with Crippen LogP contribution in [0.4, 0.5) is 5.69 Å². The molecule has 0 bridgehead atoms. The molecule has 3 aromatic rings. The van der Waals surface area contributed by atoms with E-state index >= 15 is 0 Å². The van der Waals surface area contributed by atoms with E-state index in [1.54, 1.807) is 50.2 Å². The van der Waals surface area contributed by atoms with Gasteiger partial charge in [0.2, 0.25) is 11.8 Å². The number of hydrogen-bond donors (Lipinski definition) is 1. The first kappa shape index (κ1) is 30.2. The van der Waals surface area contributed by atoms with Crippen LogP contribution in [0.5, 0.6) is 0 Å². The monoisotopic (exact) mass is 569 g/mol. The second-order valence-corrected chi connectivity index (χ2v) is 12.8. The minimum Gasteiger partial charge on any atom is -0.350 e. The summed E-state index contributed by atoms with van der Waals surface area (Å²) >= 11 is 6.36. The summed E-state index contributed by atoms with van der Waals surface area (Å²) in [6.45, 7) is 10.5. The lowest BCUT2D eigenvalue weighted by Gasteiger charge is -2.34. The van der Waals surface area contributed by atoms with Crippen molar-refractivity contribution in [2.45, 2.75) is 64.6 Å². The molecule has 0 aliphatic carbocycles. The predicted octanol–water partition coefficient (Wildman–Crippen LogP) is 5.48. The highest BCUT2D eigenvalue weighted by Gasteiger charge is 2.34. The topological polar surface area (TPSA) is 86.8 Å². The zero-order valence-corrected chi connectivity index (χ0v) is 24.8. The summed E-state index contributed by atoms with van der Waals surface area (Å²) in [5.74, 6) is -0.852. The van der Waals surface area contributed by atoms with Crippen LogP contribution in [0.2, 0.25) is 5.02 Å². The Morgan fingerprint density at radius 3 is 2.15 bits per heavy atom. The standard InChI is InChI=1S/C30H36ClN3O4S/c1-21-13-10-11-14-24(21)19-33(23(3)29(36)32-30(4,5)6)28(35)20-34(27-18-12-17-26(31)22(27)2)39(37,38)25-15-8-7-9-16-25/h7-18,23H,19-20H2,1-6H3,(H,32,36)/t23-/m0/s1. The molecule has 7 nitrogen and oxygen atoms in total. The van der Waals surface area contributed by atoms with Gasteiger partial charge >= 0.3 is 0 Å². The number of carbonyl (C=O) groups excluding carboxylic acids is 2. The summed E-state index contributed by atoms with van der Waals surface area (Å²) in [4.78, 5) is 28.7. The van der Waals surface area contributed by atoms with Gasteiger partial charge < -0.3 is 10.2 Å². The molecule has 0 radical (unpaired) electrons. The Morgan fingerprint density at radius 1 is 0.923 bits per heavy atom. The van der Waals surface area contributed by atoms with Crippen molar-refractivity contribution in [1.29, 1.82) is 0 Å². The Balaban J connectivity index is 2.08. The van der Waals surface area contributed by atoms with E-state index in [2.05, 4.69) is 5.32 Å². The highest BCUT2D eigenvalue weighted by molar-refractivity contribution is 7.92. The molecule has 39 heavy (non-hydrogen) atoms. The van der Waals surface area contributed by atoms with Crippen LogP contribution in [0.1, 0.15) is 44.4 Å². The molecular formula is C30H36ClN3O4S. The van der Waals surface area contributed by atoms with Crippen LogP contribution in [0, 0.1) is 13.8 Å². The number of nitrogens with one attached hydrogen (secondary N) is 1. The van der Waals surface area contributed by atoms with Crippen LogP contribution in [0.15, 0.2) is 77.7 Å². The fourth-order valence-corrected chi connectivity index (χ4v) is 5.79. The molecule has 0 fully saturated rings. The number of nitrogens with zero attached hydrogens (tertiary/aromatic N) is 2. The molecule has 208 valence electrons. The normalized spacial score (nSPS) is 12.5. The van der Waals surface area contributed by atoms with Gasteiger partial charge in [-0.15, -0.1) is 0 Å². The van der Waals surface area contributed by atoms with Crippen molar-refractivity contribution in [2.75, 3.05) is 10.8 Å². The molecule has 0 aliphatic heterocycles. The van der Waals surface area contributed by atoms with E-state index in [4.69, 9.17) is 11.6 Å². The summed E-state index contributed by atoms with van der Waals surface area (Å²) < 4.78 is 28.9. The van der Waals surface area contributed by atoms with Gasteiger partial charge in [-0.25, -0.2) is 8.42 Å². The van der Waals surface area contributed by atoms with E-state index in [9.17, 15) is 18.0 Å². The second-order valence-electron chi connectivity index (χ2n) is 10.6. The maximum Gasteiger partial charge on any atom is 0.264 e. The van der Waals surface area contributed by atoms with Crippen molar-refractivity contribution >= 4 is 39.1 Å². The number of rotatable bonds is 9. The molecule has 0 aliphatic rings. The van der Waals surface area contributed by atoms with E-state index in [1.165, 1.54) is 17.0 Å². The van der Waals surface area contributed by atoms with Crippen molar-refractivity contribution in [3.05, 3.63) is 94.5 Å². The van der Waals surface area contributed by atoms with Gasteiger partial charge in [0.05, 0.1) is 10.6 Å². The van der Waals surface area contributed by atoms with Crippen molar-refractivity contribution in [2.24, 2.45) is 0 Å². The van der Waals surface area contributed by atoms with Crippen LogP contribution in [-0.2, 0) is 26.2 Å². The van der Waals surface area contributed by atoms with Gasteiger partial charge in [-0.3, -0.25) is 13.9 Å². The third-order valence-corrected chi connectivity index (χ3v) is 8.57. The molecule has 9 heteroatoms. The molecule has 1 N–H and O–H groups in total. The largest absolute Gasteiger partial charge is 0.350 e. The lowest BCUT2D eigenvalue weighted by atomic mass is 10.1. The number of sulfonamides is 1. The fourth-order valence-electron chi connectivity index (χ4n) is 4.13. The molecule has 0 spiro atoms. The number of benzene rings is 3. The van der Waals surface area contributed by atoms with E-state index in [0.29, 0.717) is 16.3 Å². The minimum atomic E-state index is -4.15. The first-order chi connectivity index (χ1) is 18.2. The van der Waals surface area contributed by atoms with Crippen LogP contribution >= 0.6 is 11.6 Å². The van der Waals surface area contributed by atoms with Crippen LogP contribution in [0.3, 0.4) is 0 Å². The van der Waals surface area contributed by atoms with Gasteiger partial charge in [-0.2, -0.15) is 0 Å². The summed E-state index contributed by atoms with van der Waals surface area (Å²) in [6, 6.07) is 19.6. The Bertz CT molecular complexity index is 1440.